The lowest BCUT2D eigenvalue weighted by Gasteiger charge is -2.18. The van der Waals surface area contributed by atoms with Gasteiger partial charge in [-0.1, -0.05) is 6.07 Å². The van der Waals surface area contributed by atoms with Crippen molar-refractivity contribution in [3.63, 3.8) is 0 Å². The molecule has 1 saturated heterocycles. The topological polar surface area (TPSA) is 68.5 Å². The summed E-state index contributed by atoms with van der Waals surface area (Å²) in [6.07, 6.45) is -2.45. The van der Waals surface area contributed by atoms with Gasteiger partial charge in [0.15, 0.2) is 6.61 Å². The molecule has 23 heavy (non-hydrogen) atoms. The highest BCUT2D eigenvalue weighted by Gasteiger charge is 2.42. The maximum absolute atomic E-state index is 12.5. The molecule has 2 heterocycles. The van der Waals surface area contributed by atoms with Crippen molar-refractivity contribution in [1.29, 1.82) is 0 Å². The zero-order valence-corrected chi connectivity index (χ0v) is 12.4. The van der Waals surface area contributed by atoms with Crippen molar-refractivity contribution in [3.8, 4) is 5.88 Å². The number of nitrogens with zero attached hydrogens (tertiary/aromatic N) is 2. The van der Waals surface area contributed by atoms with Crippen molar-refractivity contribution in [2.24, 2.45) is 17.6 Å². The van der Waals surface area contributed by atoms with Gasteiger partial charge in [-0.05, 0) is 30.7 Å². The summed E-state index contributed by atoms with van der Waals surface area (Å²) in [5.41, 5.74) is 6.14. The third-order valence-electron chi connectivity index (χ3n) is 4.53. The molecule has 1 aromatic rings. The molecule has 0 spiro atoms. The number of halogens is 3. The Morgan fingerprint density at radius 1 is 1.35 bits per heavy atom. The lowest BCUT2D eigenvalue weighted by Crippen LogP contribution is -2.34. The molecule has 5 nitrogen and oxygen atoms in total. The van der Waals surface area contributed by atoms with Gasteiger partial charge in [0.1, 0.15) is 5.69 Å². The Labute approximate surface area is 131 Å². The molecule has 2 aliphatic rings. The van der Waals surface area contributed by atoms with Gasteiger partial charge in [0.25, 0.3) is 5.91 Å². The van der Waals surface area contributed by atoms with E-state index in [1.54, 1.807) is 4.90 Å². The Bertz CT molecular complexity index is 594. The van der Waals surface area contributed by atoms with E-state index in [2.05, 4.69) is 9.72 Å². The van der Waals surface area contributed by atoms with Crippen LogP contribution in [-0.4, -0.2) is 47.7 Å². The van der Waals surface area contributed by atoms with E-state index < -0.39 is 12.8 Å². The van der Waals surface area contributed by atoms with Gasteiger partial charge in [-0.3, -0.25) is 4.79 Å². The minimum Gasteiger partial charge on any atom is -0.468 e. The predicted molar refractivity (Wildman–Crippen MR) is 75.9 cm³/mol. The average molecular weight is 329 g/mol. The summed E-state index contributed by atoms with van der Waals surface area (Å²) in [6, 6.07) is 4.37. The Kier molecular flexibility index (Phi) is 4.18. The van der Waals surface area contributed by atoms with Gasteiger partial charge < -0.3 is 15.4 Å². The van der Waals surface area contributed by atoms with E-state index >= 15 is 0 Å². The van der Waals surface area contributed by atoms with Crippen LogP contribution in [0.2, 0.25) is 0 Å². The van der Waals surface area contributed by atoms with Crippen LogP contribution in [0.4, 0.5) is 13.2 Å². The molecule has 1 aliphatic carbocycles. The Hall–Kier alpha value is -1.83. The number of ether oxygens (including phenoxy) is 1. The maximum atomic E-state index is 12.5. The number of aromatic nitrogens is 1. The first kappa shape index (κ1) is 16.0. The first-order chi connectivity index (χ1) is 10.8. The van der Waals surface area contributed by atoms with Crippen LogP contribution in [0.3, 0.4) is 0 Å². The van der Waals surface area contributed by atoms with Crippen molar-refractivity contribution in [2.75, 3.05) is 19.7 Å². The molecule has 1 aliphatic heterocycles. The predicted octanol–water partition coefficient (Wildman–Crippen LogP) is 1.83. The van der Waals surface area contributed by atoms with Crippen molar-refractivity contribution >= 4 is 5.91 Å². The highest BCUT2D eigenvalue weighted by molar-refractivity contribution is 5.92. The molecule has 3 unspecified atom stereocenters. The van der Waals surface area contributed by atoms with E-state index in [1.807, 2.05) is 0 Å². The summed E-state index contributed by atoms with van der Waals surface area (Å²) in [5.74, 6) is 0.232. The van der Waals surface area contributed by atoms with E-state index in [0.29, 0.717) is 24.9 Å². The van der Waals surface area contributed by atoms with Gasteiger partial charge >= 0.3 is 6.18 Å². The molecule has 3 atom stereocenters. The number of amides is 1. The van der Waals surface area contributed by atoms with Crippen LogP contribution < -0.4 is 10.5 Å². The molecular formula is C15H18F3N3O2. The van der Waals surface area contributed by atoms with Crippen LogP contribution in [0.15, 0.2) is 18.2 Å². The number of likely N-dealkylation sites (tertiary alicyclic amines) is 1. The van der Waals surface area contributed by atoms with E-state index in [4.69, 9.17) is 5.73 Å². The van der Waals surface area contributed by atoms with Gasteiger partial charge in [-0.25, -0.2) is 4.98 Å². The second-order valence-electron chi connectivity index (χ2n) is 6.14. The zero-order valence-electron chi connectivity index (χ0n) is 12.4. The number of carbonyl (C=O) groups is 1. The van der Waals surface area contributed by atoms with Gasteiger partial charge in [-0.2, -0.15) is 13.2 Å². The third kappa shape index (κ3) is 3.57. The molecule has 3 rings (SSSR count). The van der Waals surface area contributed by atoms with Gasteiger partial charge in [-0.15, -0.1) is 0 Å². The minimum atomic E-state index is -4.44. The van der Waals surface area contributed by atoms with Crippen molar-refractivity contribution in [2.45, 2.75) is 25.1 Å². The normalized spacial score (nSPS) is 27.1. The molecule has 8 heteroatoms. The summed E-state index contributed by atoms with van der Waals surface area (Å²) in [6.45, 7) is -0.215. The van der Waals surface area contributed by atoms with Gasteiger partial charge in [0, 0.05) is 25.2 Å². The molecule has 0 bridgehead atoms. The summed E-state index contributed by atoms with van der Waals surface area (Å²) in [7, 11) is 0. The van der Waals surface area contributed by atoms with Crippen molar-refractivity contribution in [3.05, 3.63) is 23.9 Å². The van der Waals surface area contributed by atoms with Crippen LogP contribution in [0, 0.1) is 11.8 Å². The summed E-state index contributed by atoms with van der Waals surface area (Å²) in [5, 5.41) is 0. The van der Waals surface area contributed by atoms with Gasteiger partial charge in [0.2, 0.25) is 5.88 Å². The molecule has 1 aromatic heterocycles. The molecular weight excluding hydrogens is 311 g/mol. The molecule has 0 radical (unpaired) electrons. The number of hydrogen-bond donors (Lipinski definition) is 1. The second-order valence-corrected chi connectivity index (χ2v) is 6.14. The molecule has 1 amide bonds. The van der Waals surface area contributed by atoms with E-state index in [1.165, 1.54) is 18.2 Å². The highest BCUT2D eigenvalue weighted by Crippen LogP contribution is 2.37. The fourth-order valence-corrected chi connectivity index (χ4v) is 3.41. The Morgan fingerprint density at radius 3 is 2.83 bits per heavy atom. The van der Waals surface area contributed by atoms with Crippen LogP contribution in [0.25, 0.3) is 0 Å². The van der Waals surface area contributed by atoms with Crippen LogP contribution in [0.5, 0.6) is 5.88 Å². The molecule has 126 valence electrons. The fraction of sp³-hybridized carbons (Fsp3) is 0.600. The largest absolute Gasteiger partial charge is 0.468 e. The van der Waals surface area contributed by atoms with Crippen LogP contribution in [0.1, 0.15) is 23.3 Å². The zero-order chi connectivity index (χ0) is 16.6. The van der Waals surface area contributed by atoms with Gasteiger partial charge in [0.05, 0.1) is 0 Å². The minimum absolute atomic E-state index is 0.0956. The average Bonchev–Trinajstić information content (AvgIpc) is 3.07. The number of carbonyl (C=O) groups excluding carboxylic acids is 1. The quantitative estimate of drug-likeness (QED) is 0.919. The van der Waals surface area contributed by atoms with E-state index in [9.17, 15) is 18.0 Å². The first-order valence-electron chi connectivity index (χ1n) is 7.55. The third-order valence-corrected chi connectivity index (χ3v) is 4.53. The standard InChI is InChI=1S/C15H18F3N3O2/c16-15(17,18)8-23-13-3-1-2-12(20-13)14(22)21-6-9-4-5-11(19)10(9)7-21/h1-3,9-11H,4-8,19H2. The number of hydrogen-bond acceptors (Lipinski definition) is 4. The lowest BCUT2D eigenvalue weighted by atomic mass is 9.98. The number of nitrogens with two attached hydrogens (primary N) is 1. The lowest BCUT2D eigenvalue weighted by molar-refractivity contribution is -0.154. The Morgan fingerprint density at radius 2 is 2.13 bits per heavy atom. The number of rotatable bonds is 3. The molecule has 2 fully saturated rings. The smallest absolute Gasteiger partial charge is 0.422 e. The molecule has 0 aromatic carbocycles. The monoisotopic (exact) mass is 329 g/mol. The van der Waals surface area contributed by atoms with Crippen LogP contribution >= 0.6 is 0 Å². The summed E-state index contributed by atoms with van der Waals surface area (Å²) < 4.78 is 41.1. The summed E-state index contributed by atoms with van der Waals surface area (Å²) in [4.78, 5) is 18.1. The van der Waals surface area contributed by atoms with E-state index in [0.717, 1.165) is 12.8 Å². The first-order valence-corrected chi connectivity index (χ1v) is 7.55. The molecule has 1 saturated carbocycles. The fourth-order valence-electron chi connectivity index (χ4n) is 3.41. The summed E-state index contributed by atoms with van der Waals surface area (Å²) >= 11 is 0. The Balaban J connectivity index is 1.66. The molecule has 2 N–H and O–H groups in total. The van der Waals surface area contributed by atoms with E-state index in [-0.39, 0.29) is 23.5 Å². The number of alkyl halides is 3. The van der Waals surface area contributed by atoms with Crippen LogP contribution in [-0.2, 0) is 0 Å². The number of pyridine rings is 1. The number of fused-ring (bicyclic) bond motifs is 1. The van der Waals surface area contributed by atoms with Crippen molar-refractivity contribution < 1.29 is 22.7 Å². The van der Waals surface area contributed by atoms with Crippen molar-refractivity contribution in [1.82, 2.24) is 9.88 Å². The SMILES string of the molecule is NC1CCC2CN(C(=O)c3cccc(OCC(F)(F)F)n3)CC12. The highest BCUT2D eigenvalue weighted by atomic mass is 19.4. The second kappa shape index (κ2) is 5.99. The maximum Gasteiger partial charge on any atom is 0.422 e.